The van der Waals surface area contributed by atoms with Crippen LogP contribution in [0.5, 0.6) is 0 Å². The number of nitrogens with one attached hydrogen (secondary N) is 1. The molecule has 0 aromatic carbocycles. The lowest BCUT2D eigenvalue weighted by Crippen LogP contribution is -2.47. The number of likely N-dealkylation sites (N-methyl/N-ethyl adjacent to an activating group) is 1. The van der Waals surface area contributed by atoms with E-state index in [1.54, 1.807) is 0 Å². The number of hydrogen-bond acceptors (Lipinski definition) is 3. The summed E-state index contributed by atoms with van der Waals surface area (Å²) in [6.45, 7) is 3.44. The lowest BCUT2D eigenvalue weighted by atomic mass is 9.88. The second-order valence-electron chi connectivity index (χ2n) is 4.88. The van der Waals surface area contributed by atoms with Gasteiger partial charge in [0.25, 0.3) is 0 Å². The Kier molecular flexibility index (Phi) is 9.99. The molecule has 3 heteroatoms. The van der Waals surface area contributed by atoms with E-state index in [4.69, 9.17) is 10.8 Å². The number of aliphatic hydroxyl groups is 1. The molecular formula is C13H30N2O. The summed E-state index contributed by atoms with van der Waals surface area (Å²) in [5.74, 6) is 0. The predicted molar refractivity (Wildman–Crippen MR) is 70.5 cm³/mol. The van der Waals surface area contributed by atoms with Crippen LogP contribution >= 0.6 is 0 Å². The minimum absolute atomic E-state index is 0.0134. The first-order chi connectivity index (χ1) is 7.68. The van der Waals surface area contributed by atoms with Crippen molar-refractivity contribution >= 4 is 0 Å². The van der Waals surface area contributed by atoms with Crippen LogP contribution in [-0.4, -0.2) is 30.8 Å². The van der Waals surface area contributed by atoms with Gasteiger partial charge in [0, 0.05) is 18.7 Å². The van der Waals surface area contributed by atoms with E-state index in [-0.39, 0.29) is 5.54 Å². The minimum Gasteiger partial charge on any atom is -0.396 e. The topological polar surface area (TPSA) is 58.3 Å². The van der Waals surface area contributed by atoms with Crippen molar-refractivity contribution < 1.29 is 5.11 Å². The van der Waals surface area contributed by atoms with Crippen LogP contribution in [0.1, 0.15) is 58.3 Å². The summed E-state index contributed by atoms with van der Waals surface area (Å²) in [4.78, 5) is 0. The summed E-state index contributed by atoms with van der Waals surface area (Å²) in [5.41, 5.74) is 6.34. The van der Waals surface area contributed by atoms with Gasteiger partial charge in [-0.25, -0.2) is 0 Å². The van der Waals surface area contributed by atoms with Crippen LogP contribution in [-0.2, 0) is 0 Å². The molecule has 98 valence electrons. The van der Waals surface area contributed by atoms with Crippen LogP contribution < -0.4 is 11.1 Å². The maximum absolute atomic E-state index is 8.66. The Morgan fingerprint density at radius 1 is 1.06 bits per heavy atom. The van der Waals surface area contributed by atoms with E-state index >= 15 is 0 Å². The van der Waals surface area contributed by atoms with Gasteiger partial charge in [0.1, 0.15) is 0 Å². The Balaban J connectivity index is 3.59. The normalized spacial score (nSPS) is 15.0. The molecule has 0 aromatic heterocycles. The Labute approximate surface area is 101 Å². The zero-order chi connectivity index (χ0) is 12.3. The maximum Gasteiger partial charge on any atom is 0.0431 e. The van der Waals surface area contributed by atoms with Gasteiger partial charge >= 0.3 is 0 Å². The average molecular weight is 230 g/mol. The molecular weight excluding hydrogens is 200 g/mol. The molecule has 0 aliphatic heterocycles. The van der Waals surface area contributed by atoms with E-state index in [0.29, 0.717) is 6.61 Å². The van der Waals surface area contributed by atoms with Gasteiger partial charge < -0.3 is 16.2 Å². The molecule has 0 aliphatic carbocycles. The Hall–Kier alpha value is -0.120. The summed E-state index contributed by atoms with van der Waals surface area (Å²) in [6, 6.07) is 0. The van der Waals surface area contributed by atoms with Crippen molar-refractivity contribution in [2.24, 2.45) is 5.73 Å². The van der Waals surface area contributed by atoms with Crippen molar-refractivity contribution in [3.05, 3.63) is 0 Å². The molecule has 0 amide bonds. The van der Waals surface area contributed by atoms with Crippen molar-refractivity contribution in [1.29, 1.82) is 0 Å². The van der Waals surface area contributed by atoms with Crippen LogP contribution in [0.2, 0.25) is 0 Å². The first-order valence-electron chi connectivity index (χ1n) is 6.73. The van der Waals surface area contributed by atoms with Gasteiger partial charge in [-0.15, -0.1) is 0 Å². The van der Waals surface area contributed by atoms with Crippen molar-refractivity contribution in [2.75, 3.05) is 20.2 Å². The lowest BCUT2D eigenvalue weighted by Gasteiger charge is -2.29. The second-order valence-corrected chi connectivity index (χ2v) is 4.88. The SMILES string of the molecule is CCCC(N)(CCCCCCCO)CNC. The zero-order valence-electron chi connectivity index (χ0n) is 11.1. The summed E-state index contributed by atoms with van der Waals surface area (Å²) in [7, 11) is 1.97. The molecule has 16 heavy (non-hydrogen) atoms. The van der Waals surface area contributed by atoms with E-state index in [9.17, 15) is 0 Å². The summed E-state index contributed by atoms with van der Waals surface area (Å²) < 4.78 is 0. The van der Waals surface area contributed by atoms with Crippen LogP contribution in [0.25, 0.3) is 0 Å². The highest BCUT2D eigenvalue weighted by molar-refractivity contribution is 4.85. The molecule has 0 fully saturated rings. The van der Waals surface area contributed by atoms with Crippen molar-refractivity contribution in [3.63, 3.8) is 0 Å². The van der Waals surface area contributed by atoms with E-state index < -0.39 is 0 Å². The first-order valence-corrected chi connectivity index (χ1v) is 6.73. The number of nitrogens with two attached hydrogens (primary N) is 1. The molecule has 0 aliphatic rings. The lowest BCUT2D eigenvalue weighted by molar-refractivity contribution is 0.281. The van der Waals surface area contributed by atoms with E-state index in [2.05, 4.69) is 12.2 Å². The minimum atomic E-state index is -0.0134. The first kappa shape index (κ1) is 15.9. The maximum atomic E-state index is 8.66. The summed E-state index contributed by atoms with van der Waals surface area (Å²) in [5, 5.41) is 11.9. The molecule has 0 radical (unpaired) electrons. The predicted octanol–water partition coefficient (Wildman–Crippen LogP) is 2.04. The molecule has 0 heterocycles. The molecule has 0 saturated carbocycles. The fourth-order valence-corrected chi connectivity index (χ4v) is 2.27. The molecule has 3 nitrogen and oxygen atoms in total. The van der Waals surface area contributed by atoms with Gasteiger partial charge in [-0.3, -0.25) is 0 Å². The van der Waals surface area contributed by atoms with Crippen molar-refractivity contribution in [3.8, 4) is 0 Å². The van der Waals surface area contributed by atoms with Gasteiger partial charge in [0.2, 0.25) is 0 Å². The number of unbranched alkanes of at least 4 members (excludes halogenated alkanes) is 4. The molecule has 0 rings (SSSR count). The van der Waals surface area contributed by atoms with Gasteiger partial charge in [0.05, 0.1) is 0 Å². The third-order valence-corrected chi connectivity index (χ3v) is 3.11. The molecule has 0 aromatic rings. The highest BCUT2D eigenvalue weighted by Crippen LogP contribution is 2.18. The molecule has 0 spiro atoms. The van der Waals surface area contributed by atoms with Crippen LogP contribution in [0.3, 0.4) is 0 Å². The highest BCUT2D eigenvalue weighted by atomic mass is 16.2. The molecule has 0 bridgehead atoms. The second kappa shape index (κ2) is 10.1. The van der Waals surface area contributed by atoms with Crippen LogP contribution in [0, 0.1) is 0 Å². The highest BCUT2D eigenvalue weighted by Gasteiger charge is 2.21. The van der Waals surface area contributed by atoms with Crippen LogP contribution in [0.15, 0.2) is 0 Å². The fourth-order valence-electron chi connectivity index (χ4n) is 2.27. The van der Waals surface area contributed by atoms with E-state index in [0.717, 1.165) is 38.6 Å². The van der Waals surface area contributed by atoms with Gasteiger partial charge in [-0.05, 0) is 26.3 Å². The molecule has 4 N–H and O–H groups in total. The van der Waals surface area contributed by atoms with Gasteiger partial charge in [-0.1, -0.05) is 39.0 Å². The van der Waals surface area contributed by atoms with Gasteiger partial charge in [-0.2, -0.15) is 0 Å². The standard InChI is InChI=1S/C13H30N2O/c1-3-9-13(14,12-15-2)10-7-5-4-6-8-11-16/h15-16H,3-12,14H2,1-2H3. The fraction of sp³-hybridized carbons (Fsp3) is 1.00. The quantitative estimate of drug-likeness (QED) is 0.476. The Morgan fingerprint density at radius 3 is 2.25 bits per heavy atom. The third-order valence-electron chi connectivity index (χ3n) is 3.11. The number of hydrogen-bond donors (Lipinski definition) is 3. The number of rotatable bonds is 11. The van der Waals surface area contributed by atoms with Crippen molar-refractivity contribution in [1.82, 2.24) is 5.32 Å². The summed E-state index contributed by atoms with van der Waals surface area (Å²) in [6.07, 6.45) is 9.14. The van der Waals surface area contributed by atoms with E-state index in [1.807, 2.05) is 7.05 Å². The molecule has 1 atom stereocenters. The molecule has 0 saturated heterocycles. The Morgan fingerprint density at radius 2 is 1.69 bits per heavy atom. The summed E-state index contributed by atoms with van der Waals surface area (Å²) >= 11 is 0. The smallest absolute Gasteiger partial charge is 0.0431 e. The Bertz CT molecular complexity index is 145. The molecule has 1 unspecified atom stereocenters. The third kappa shape index (κ3) is 8.08. The van der Waals surface area contributed by atoms with E-state index in [1.165, 1.54) is 19.3 Å². The monoisotopic (exact) mass is 230 g/mol. The van der Waals surface area contributed by atoms with Gasteiger partial charge in [0.15, 0.2) is 0 Å². The number of aliphatic hydroxyl groups excluding tert-OH is 1. The van der Waals surface area contributed by atoms with Crippen molar-refractivity contribution in [2.45, 2.75) is 63.8 Å². The van der Waals surface area contributed by atoms with Crippen LogP contribution in [0.4, 0.5) is 0 Å². The largest absolute Gasteiger partial charge is 0.396 e. The average Bonchev–Trinajstić information content (AvgIpc) is 2.24. The zero-order valence-corrected chi connectivity index (χ0v) is 11.1.